The summed E-state index contributed by atoms with van der Waals surface area (Å²) in [6.45, 7) is 10.8. The van der Waals surface area contributed by atoms with Gasteiger partial charge in [0, 0.05) is 46.9 Å². The van der Waals surface area contributed by atoms with Gasteiger partial charge in [0.1, 0.15) is 0 Å². The number of nitrogens with zero attached hydrogens (tertiary/aromatic N) is 3. The quantitative estimate of drug-likeness (QED) is 0.232. The van der Waals surface area contributed by atoms with E-state index in [4.69, 9.17) is 23.8 Å². The maximum Gasteiger partial charge on any atom is 0.226 e. The van der Waals surface area contributed by atoms with Crippen LogP contribution in [-0.4, -0.2) is 32.0 Å². The predicted octanol–water partition coefficient (Wildman–Crippen LogP) is 7.07. The van der Waals surface area contributed by atoms with Crippen LogP contribution in [0.5, 0.6) is 0 Å². The maximum atomic E-state index is 13.1. The van der Waals surface area contributed by atoms with Crippen LogP contribution in [0.25, 0.3) is 5.69 Å². The summed E-state index contributed by atoms with van der Waals surface area (Å²) in [5, 5.41) is 7.90. The number of aryl methyl sites for hydroxylation is 4. The highest BCUT2D eigenvalue weighted by atomic mass is 35.5. The Balaban J connectivity index is 1.49. The van der Waals surface area contributed by atoms with Gasteiger partial charge in [-0.25, -0.2) is 0 Å². The van der Waals surface area contributed by atoms with E-state index in [0.717, 1.165) is 50.7 Å². The minimum absolute atomic E-state index is 0.0449. The fourth-order valence-electron chi connectivity index (χ4n) is 5.57. The lowest BCUT2D eigenvalue weighted by Gasteiger charge is -2.28. The molecule has 2 aromatic carbocycles. The third kappa shape index (κ3) is 5.49. The van der Waals surface area contributed by atoms with E-state index in [2.05, 4.69) is 51.9 Å². The Morgan fingerprint density at radius 3 is 2.55 bits per heavy atom. The molecule has 2 aromatic heterocycles. The van der Waals surface area contributed by atoms with Gasteiger partial charge in [-0.1, -0.05) is 35.9 Å². The summed E-state index contributed by atoms with van der Waals surface area (Å²) < 4.78 is 2.25. The van der Waals surface area contributed by atoms with Gasteiger partial charge in [-0.15, -0.1) is 0 Å². The van der Waals surface area contributed by atoms with E-state index in [0.29, 0.717) is 23.1 Å². The number of hydrogen-bond donors (Lipinski definition) is 2. The SMILES string of the molecule is Cc1ccc(C)c(NC(=O)CCN2C(=S)NC(c3ccccn3)C2c2cc(C)n(-c3cc(Cl)ccc3C)c2C)c1. The molecule has 6 nitrogen and oxygen atoms in total. The molecule has 1 amide bonds. The second-order valence-corrected chi connectivity index (χ2v) is 11.4. The van der Waals surface area contributed by atoms with Crippen LogP contribution in [0.2, 0.25) is 5.02 Å². The molecule has 0 aliphatic carbocycles. The topological polar surface area (TPSA) is 62.2 Å². The molecular formula is C32H34ClN5OS. The van der Waals surface area contributed by atoms with Gasteiger partial charge >= 0.3 is 0 Å². The van der Waals surface area contributed by atoms with Gasteiger partial charge in [0.15, 0.2) is 5.11 Å². The molecule has 206 valence electrons. The van der Waals surface area contributed by atoms with Crippen molar-refractivity contribution in [1.82, 2.24) is 19.8 Å². The van der Waals surface area contributed by atoms with Crippen LogP contribution in [0.1, 0.15) is 57.8 Å². The second kappa shape index (κ2) is 11.4. The minimum Gasteiger partial charge on any atom is -0.352 e. The van der Waals surface area contributed by atoms with Crippen LogP contribution in [0.3, 0.4) is 0 Å². The molecule has 40 heavy (non-hydrogen) atoms. The smallest absolute Gasteiger partial charge is 0.226 e. The molecule has 0 spiro atoms. The zero-order valence-corrected chi connectivity index (χ0v) is 25.0. The average molecular weight is 572 g/mol. The Morgan fingerprint density at radius 2 is 1.80 bits per heavy atom. The molecule has 0 bridgehead atoms. The van der Waals surface area contributed by atoms with Gasteiger partial charge < -0.3 is 20.1 Å². The number of carbonyl (C=O) groups is 1. The Morgan fingerprint density at radius 1 is 1.02 bits per heavy atom. The summed E-state index contributed by atoms with van der Waals surface area (Å²) in [6.07, 6.45) is 2.10. The lowest BCUT2D eigenvalue weighted by atomic mass is 9.96. The van der Waals surface area contributed by atoms with E-state index >= 15 is 0 Å². The summed E-state index contributed by atoms with van der Waals surface area (Å²) in [7, 11) is 0. The van der Waals surface area contributed by atoms with Crippen LogP contribution in [0.4, 0.5) is 5.69 Å². The van der Waals surface area contributed by atoms with Gasteiger partial charge in [-0.3, -0.25) is 9.78 Å². The molecule has 2 atom stereocenters. The molecule has 1 saturated heterocycles. The highest BCUT2D eigenvalue weighted by molar-refractivity contribution is 7.80. The molecule has 3 heterocycles. The summed E-state index contributed by atoms with van der Waals surface area (Å²) in [4.78, 5) is 19.9. The lowest BCUT2D eigenvalue weighted by molar-refractivity contribution is -0.116. The van der Waals surface area contributed by atoms with Crippen molar-refractivity contribution in [2.75, 3.05) is 11.9 Å². The van der Waals surface area contributed by atoms with E-state index < -0.39 is 0 Å². The molecule has 4 aromatic rings. The molecule has 2 N–H and O–H groups in total. The van der Waals surface area contributed by atoms with Gasteiger partial charge in [-0.05, 0) is 105 Å². The number of pyridine rings is 1. The summed E-state index contributed by atoms with van der Waals surface area (Å²) >= 11 is 12.3. The normalized spacial score (nSPS) is 16.8. The van der Waals surface area contributed by atoms with Crippen molar-refractivity contribution in [1.29, 1.82) is 0 Å². The van der Waals surface area contributed by atoms with Crippen molar-refractivity contribution in [3.05, 3.63) is 111 Å². The van der Waals surface area contributed by atoms with E-state index in [1.807, 2.05) is 68.4 Å². The van der Waals surface area contributed by atoms with Crippen LogP contribution < -0.4 is 10.6 Å². The van der Waals surface area contributed by atoms with E-state index in [9.17, 15) is 4.79 Å². The zero-order chi connectivity index (χ0) is 28.6. The van der Waals surface area contributed by atoms with Crippen molar-refractivity contribution in [2.24, 2.45) is 0 Å². The molecule has 2 unspecified atom stereocenters. The summed E-state index contributed by atoms with van der Waals surface area (Å²) in [5.41, 5.74) is 9.41. The number of anilines is 1. The monoisotopic (exact) mass is 571 g/mol. The summed E-state index contributed by atoms with van der Waals surface area (Å²) in [6, 6.07) is 19.9. The average Bonchev–Trinajstić information content (AvgIpc) is 3.41. The van der Waals surface area contributed by atoms with Crippen molar-refractivity contribution in [3.63, 3.8) is 0 Å². The molecule has 1 aliphatic heterocycles. The molecule has 1 fully saturated rings. The largest absolute Gasteiger partial charge is 0.352 e. The summed E-state index contributed by atoms with van der Waals surface area (Å²) in [5.74, 6) is -0.0449. The van der Waals surface area contributed by atoms with Crippen LogP contribution in [0, 0.1) is 34.6 Å². The number of benzene rings is 2. The first-order valence-corrected chi connectivity index (χ1v) is 14.2. The first-order valence-electron chi connectivity index (χ1n) is 13.4. The highest BCUT2D eigenvalue weighted by Crippen LogP contribution is 2.41. The molecular weight excluding hydrogens is 538 g/mol. The molecule has 0 radical (unpaired) electrons. The maximum absolute atomic E-state index is 13.1. The number of hydrogen-bond acceptors (Lipinski definition) is 3. The van der Waals surface area contributed by atoms with E-state index in [1.54, 1.807) is 6.20 Å². The van der Waals surface area contributed by atoms with Gasteiger partial charge in [-0.2, -0.15) is 0 Å². The van der Waals surface area contributed by atoms with Crippen molar-refractivity contribution >= 4 is 40.5 Å². The van der Waals surface area contributed by atoms with Gasteiger partial charge in [0.05, 0.1) is 17.8 Å². The number of amides is 1. The zero-order valence-electron chi connectivity index (χ0n) is 23.5. The molecule has 1 aliphatic rings. The number of nitrogens with one attached hydrogen (secondary N) is 2. The van der Waals surface area contributed by atoms with Crippen molar-refractivity contribution in [3.8, 4) is 5.69 Å². The number of thiocarbonyl (C=S) groups is 1. The van der Waals surface area contributed by atoms with E-state index in [1.165, 1.54) is 0 Å². The lowest BCUT2D eigenvalue weighted by Crippen LogP contribution is -2.33. The fourth-order valence-corrected chi connectivity index (χ4v) is 6.07. The van der Waals surface area contributed by atoms with Gasteiger partial charge in [0.25, 0.3) is 0 Å². The highest BCUT2D eigenvalue weighted by Gasteiger charge is 2.41. The van der Waals surface area contributed by atoms with Crippen LogP contribution in [0.15, 0.2) is 66.9 Å². The first-order chi connectivity index (χ1) is 19.1. The van der Waals surface area contributed by atoms with Crippen molar-refractivity contribution < 1.29 is 4.79 Å². The van der Waals surface area contributed by atoms with Crippen molar-refractivity contribution in [2.45, 2.75) is 53.1 Å². The number of aromatic nitrogens is 2. The number of halogens is 1. The Bertz CT molecular complexity index is 1580. The Labute approximate surface area is 246 Å². The number of carbonyl (C=O) groups excluding carboxylic acids is 1. The third-order valence-corrected chi connectivity index (χ3v) is 8.23. The standard InChI is InChI=1S/C32H34ClN5OS/c1-19-9-10-20(2)27(16-19)35-29(39)13-15-37-31(30(36-32(37)40)26-8-6-7-14-34-26)25-17-22(4)38(23(25)5)28-18-24(33)12-11-21(28)3/h6-12,14,16-18,30-31H,13,15H2,1-5H3,(H,35,39)(H,36,40). The fraction of sp³-hybridized carbons (Fsp3) is 0.281. The second-order valence-electron chi connectivity index (χ2n) is 10.5. The third-order valence-electron chi connectivity index (χ3n) is 7.65. The van der Waals surface area contributed by atoms with Crippen LogP contribution in [-0.2, 0) is 4.79 Å². The van der Waals surface area contributed by atoms with Crippen LogP contribution >= 0.6 is 23.8 Å². The number of rotatable bonds is 7. The van der Waals surface area contributed by atoms with Gasteiger partial charge in [0.2, 0.25) is 5.91 Å². The minimum atomic E-state index is -0.162. The first kappa shape index (κ1) is 27.9. The molecule has 5 rings (SSSR count). The molecule has 0 saturated carbocycles. The Hall–Kier alpha value is -3.68. The van der Waals surface area contributed by atoms with E-state index in [-0.39, 0.29) is 18.0 Å². The Kier molecular flexibility index (Phi) is 7.97. The predicted molar refractivity (Wildman–Crippen MR) is 166 cm³/mol. The molecule has 8 heteroatoms.